The van der Waals surface area contributed by atoms with E-state index >= 15 is 0 Å². The zero-order valence-corrected chi connectivity index (χ0v) is 8.05. The molecule has 0 aromatic heterocycles. The molecule has 1 N–H and O–H groups in total. The second-order valence-corrected chi connectivity index (χ2v) is 3.46. The summed E-state index contributed by atoms with van der Waals surface area (Å²) in [5, 5.41) is 2.95. The molecule has 1 rings (SSSR count). The van der Waals surface area contributed by atoms with E-state index in [0.29, 0.717) is 12.6 Å². The molecule has 1 aliphatic rings. The fraction of sp³-hybridized carbons (Fsp3) is 0.800. The lowest BCUT2D eigenvalue weighted by Gasteiger charge is -2.11. The third kappa shape index (κ3) is 4.27. The Hall–Kier alpha value is -0.570. The molecule has 1 aliphatic carbocycles. The maximum Gasteiger partial charge on any atom is 0.246 e. The van der Waals surface area contributed by atoms with Crippen molar-refractivity contribution in [2.24, 2.45) is 0 Å². The van der Waals surface area contributed by atoms with E-state index in [1.165, 1.54) is 12.8 Å². The van der Waals surface area contributed by atoms with E-state index in [9.17, 15) is 4.79 Å². The van der Waals surface area contributed by atoms with Gasteiger partial charge in [0.15, 0.2) is 0 Å². The first-order valence-electron chi connectivity index (χ1n) is 4.99. The largest absolute Gasteiger partial charge is 0.372 e. The maximum atomic E-state index is 11.2. The molecule has 0 unspecified atom stereocenters. The molecule has 0 heterocycles. The number of nitrogens with one attached hydrogen (secondary N) is 1. The summed E-state index contributed by atoms with van der Waals surface area (Å²) in [6.07, 6.45) is 5.45. The fourth-order valence-corrected chi connectivity index (χ4v) is 1.61. The van der Waals surface area contributed by atoms with Gasteiger partial charge >= 0.3 is 0 Å². The third-order valence-corrected chi connectivity index (χ3v) is 2.24. The lowest BCUT2D eigenvalue weighted by atomic mass is 10.2. The number of amides is 1. The molecule has 1 saturated carbocycles. The molecule has 0 aromatic carbocycles. The first-order valence-corrected chi connectivity index (χ1v) is 4.99. The average Bonchev–Trinajstić information content (AvgIpc) is 2.57. The van der Waals surface area contributed by atoms with Gasteiger partial charge in [0.2, 0.25) is 5.91 Å². The molecule has 0 saturated heterocycles. The van der Waals surface area contributed by atoms with Gasteiger partial charge in [0.25, 0.3) is 0 Å². The number of carbonyl (C=O) groups excluding carboxylic acids is 1. The summed E-state index contributed by atoms with van der Waals surface area (Å²) < 4.78 is 5.08. The Balaban J connectivity index is 2.02. The molecule has 0 aromatic rings. The summed E-state index contributed by atoms with van der Waals surface area (Å²) in [6, 6.07) is 0.399. The van der Waals surface area contributed by atoms with E-state index < -0.39 is 0 Å². The van der Waals surface area contributed by atoms with E-state index in [0.717, 1.165) is 19.3 Å². The van der Waals surface area contributed by atoms with Gasteiger partial charge in [-0.05, 0) is 19.3 Å². The fourth-order valence-electron chi connectivity index (χ4n) is 1.61. The van der Waals surface area contributed by atoms with E-state index in [2.05, 4.69) is 12.2 Å². The van der Waals surface area contributed by atoms with Crippen LogP contribution in [0.25, 0.3) is 0 Å². The standard InChI is InChI=1S/C10H18NO2/c1-2-7-13-8-10(12)11-9-5-3-4-6-9/h9H,1-8H2,(H,11,12). The molecule has 0 aliphatic heterocycles. The second-order valence-electron chi connectivity index (χ2n) is 3.46. The van der Waals surface area contributed by atoms with Crippen LogP contribution in [0.3, 0.4) is 0 Å². The smallest absolute Gasteiger partial charge is 0.246 e. The first-order chi connectivity index (χ1) is 6.33. The Morgan fingerprint density at radius 1 is 1.46 bits per heavy atom. The van der Waals surface area contributed by atoms with Crippen LogP contribution < -0.4 is 5.32 Å². The summed E-state index contributed by atoms with van der Waals surface area (Å²) >= 11 is 0. The summed E-state index contributed by atoms with van der Waals surface area (Å²) in [4.78, 5) is 11.2. The van der Waals surface area contributed by atoms with Crippen molar-refractivity contribution in [3.63, 3.8) is 0 Å². The van der Waals surface area contributed by atoms with E-state index in [1.807, 2.05) is 0 Å². The van der Waals surface area contributed by atoms with E-state index in [4.69, 9.17) is 4.74 Å². The molecule has 3 heteroatoms. The van der Waals surface area contributed by atoms with Crippen molar-refractivity contribution in [1.82, 2.24) is 5.32 Å². The number of hydrogen-bond acceptors (Lipinski definition) is 2. The van der Waals surface area contributed by atoms with Gasteiger partial charge in [0, 0.05) is 12.6 Å². The highest BCUT2D eigenvalue weighted by atomic mass is 16.5. The number of hydrogen-bond donors (Lipinski definition) is 1. The van der Waals surface area contributed by atoms with Gasteiger partial charge in [-0.15, -0.1) is 0 Å². The topological polar surface area (TPSA) is 38.3 Å². The highest BCUT2D eigenvalue weighted by Gasteiger charge is 2.16. The SMILES string of the molecule is [CH2]CCOCC(=O)NC1CCCC1. The summed E-state index contributed by atoms with van der Waals surface area (Å²) in [5.74, 6) is 0.0142. The highest BCUT2D eigenvalue weighted by molar-refractivity contribution is 5.77. The van der Waals surface area contributed by atoms with Gasteiger partial charge in [0.1, 0.15) is 6.61 Å². The number of rotatable bonds is 5. The van der Waals surface area contributed by atoms with Crippen molar-refractivity contribution in [3.8, 4) is 0 Å². The normalized spacial score (nSPS) is 17.6. The van der Waals surface area contributed by atoms with Crippen LogP contribution in [0.5, 0.6) is 0 Å². The van der Waals surface area contributed by atoms with Gasteiger partial charge < -0.3 is 10.1 Å². The molecule has 1 radical (unpaired) electrons. The zero-order chi connectivity index (χ0) is 9.52. The zero-order valence-electron chi connectivity index (χ0n) is 8.05. The predicted molar refractivity (Wildman–Crippen MR) is 51.2 cm³/mol. The average molecular weight is 184 g/mol. The Morgan fingerprint density at radius 2 is 2.15 bits per heavy atom. The lowest BCUT2D eigenvalue weighted by molar-refractivity contribution is -0.126. The van der Waals surface area contributed by atoms with Gasteiger partial charge in [-0.3, -0.25) is 4.79 Å². The predicted octanol–water partition coefficient (Wildman–Crippen LogP) is 1.29. The Bertz CT molecular complexity index is 153. The third-order valence-electron chi connectivity index (χ3n) is 2.24. The lowest BCUT2D eigenvalue weighted by Crippen LogP contribution is -2.35. The minimum Gasteiger partial charge on any atom is -0.372 e. The molecule has 3 nitrogen and oxygen atoms in total. The van der Waals surface area contributed by atoms with Crippen LogP contribution in [0.1, 0.15) is 32.1 Å². The minimum absolute atomic E-state index is 0.0142. The molecule has 1 fully saturated rings. The van der Waals surface area contributed by atoms with Crippen molar-refractivity contribution in [2.75, 3.05) is 13.2 Å². The Labute approximate surface area is 79.8 Å². The molecule has 1 amide bonds. The molecule has 0 spiro atoms. The van der Waals surface area contributed by atoms with Crippen molar-refractivity contribution in [3.05, 3.63) is 6.92 Å². The summed E-state index contributed by atoms with van der Waals surface area (Å²) in [6.45, 7) is 4.38. The van der Waals surface area contributed by atoms with Gasteiger partial charge in [-0.1, -0.05) is 19.8 Å². The van der Waals surface area contributed by atoms with Crippen LogP contribution in [0.2, 0.25) is 0 Å². The molecule has 13 heavy (non-hydrogen) atoms. The van der Waals surface area contributed by atoms with Crippen LogP contribution in [0.4, 0.5) is 0 Å². The summed E-state index contributed by atoms with van der Waals surface area (Å²) in [7, 11) is 0. The number of carbonyl (C=O) groups is 1. The Kier molecular flexibility index (Phi) is 4.83. The van der Waals surface area contributed by atoms with Gasteiger partial charge in [-0.2, -0.15) is 0 Å². The Morgan fingerprint density at radius 3 is 2.77 bits per heavy atom. The van der Waals surface area contributed by atoms with Crippen LogP contribution in [-0.2, 0) is 9.53 Å². The van der Waals surface area contributed by atoms with Crippen molar-refractivity contribution < 1.29 is 9.53 Å². The van der Waals surface area contributed by atoms with Gasteiger partial charge in [-0.25, -0.2) is 0 Å². The van der Waals surface area contributed by atoms with E-state index in [-0.39, 0.29) is 12.5 Å². The second kappa shape index (κ2) is 5.97. The monoisotopic (exact) mass is 184 g/mol. The number of ether oxygens (including phenoxy) is 1. The van der Waals surface area contributed by atoms with Crippen LogP contribution in [0, 0.1) is 6.92 Å². The molecule has 0 atom stereocenters. The van der Waals surface area contributed by atoms with Crippen molar-refractivity contribution >= 4 is 5.91 Å². The molecule has 75 valence electrons. The molecular formula is C10H18NO2. The maximum absolute atomic E-state index is 11.2. The molecule has 0 bridgehead atoms. The van der Waals surface area contributed by atoms with Crippen molar-refractivity contribution in [2.45, 2.75) is 38.1 Å². The minimum atomic E-state index is 0.0142. The quantitative estimate of drug-likeness (QED) is 0.654. The summed E-state index contributed by atoms with van der Waals surface area (Å²) in [5.41, 5.74) is 0. The van der Waals surface area contributed by atoms with E-state index in [1.54, 1.807) is 0 Å². The molecular weight excluding hydrogens is 166 g/mol. The van der Waals surface area contributed by atoms with Gasteiger partial charge in [0.05, 0.1) is 0 Å². The van der Waals surface area contributed by atoms with Crippen LogP contribution >= 0.6 is 0 Å². The van der Waals surface area contributed by atoms with Crippen LogP contribution in [-0.4, -0.2) is 25.2 Å². The van der Waals surface area contributed by atoms with Crippen molar-refractivity contribution in [1.29, 1.82) is 0 Å². The first kappa shape index (κ1) is 10.5. The highest BCUT2D eigenvalue weighted by Crippen LogP contribution is 2.17. The van der Waals surface area contributed by atoms with Crippen LogP contribution in [0.15, 0.2) is 0 Å².